The molecule has 0 spiro atoms. The summed E-state index contributed by atoms with van der Waals surface area (Å²) in [4.78, 5) is 6.06. The van der Waals surface area contributed by atoms with E-state index >= 15 is 0 Å². The number of aromatic nitrogens is 1. The van der Waals surface area contributed by atoms with Crippen molar-refractivity contribution in [2.75, 3.05) is 4.72 Å². The van der Waals surface area contributed by atoms with Crippen molar-refractivity contribution in [3.63, 3.8) is 0 Å². The van der Waals surface area contributed by atoms with Crippen molar-refractivity contribution in [1.29, 1.82) is 0 Å². The number of nitrogens with one attached hydrogen (secondary N) is 1. The van der Waals surface area contributed by atoms with Crippen molar-refractivity contribution in [3.8, 4) is 0 Å². The summed E-state index contributed by atoms with van der Waals surface area (Å²) in [6.07, 6.45) is 1.47. The number of sulfonamides is 1. The van der Waals surface area contributed by atoms with Crippen LogP contribution in [0.1, 0.15) is 9.75 Å². The Morgan fingerprint density at radius 1 is 1.33 bits per heavy atom. The van der Waals surface area contributed by atoms with Crippen molar-refractivity contribution in [2.24, 2.45) is 0 Å². The molecule has 0 aliphatic rings. The number of thiophene rings is 1. The smallest absolute Gasteiger partial charge is 0.263 e. The normalized spacial score (nSPS) is 11.5. The van der Waals surface area contributed by atoms with Crippen LogP contribution in [-0.2, 0) is 10.0 Å². The molecule has 1 N–H and O–H groups in total. The van der Waals surface area contributed by atoms with Crippen LogP contribution >= 0.6 is 27.3 Å². The lowest BCUT2D eigenvalue weighted by atomic mass is 10.4. The van der Waals surface area contributed by atoms with Gasteiger partial charge in [0.05, 0.1) is 11.9 Å². The Labute approximate surface area is 118 Å². The molecule has 0 saturated heterocycles. The Hall–Kier alpha value is -0.920. The molecule has 0 atom stereocenters. The summed E-state index contributed by atoms with van der Waals surface area (Å²) in [5.41, 5.74) is 0.446. The van der Waals surface area contributed by atoms with Gasteiger partial charge in [-0.25, -0.2) is 13.4 Å². The van der Waals surface area contributed by atoms with Crippen molar-refractivity contribution in [3.05, 3.63) is 38.8 Å². The van der Waals surface area contributed by atoms with Gasteiger partial charge in [-0.3, -0.25) is 4.72 Å². The fourth-order valence-electron chi connectivity index (χ4n) is 1.52. The molecule has 96 valence electrons. The lowest BCUT2D eigenvalue weighted by Crippen LogP contribution is -2.13. The van der Waals surface area contributed by atoms with Gasteiger partial charge in [-0.1, -0.05) is 0 Å². The summed E-state index contributed by atoms with van der Waals surface area (Å²) in [5, 5.41) is 0. The number of aryl methyl sites for hydroxylation is 2. The van der Waals surface area contributed by atoms with Crippen molar-refractivity contribution in [2.45, 2.75) is 18.7 Å². The van der Waals surface area contributed by atoms with Crippen LogP contribution in [0.2, 0.25) is 0 Å². The predicted molar refractivity (Wildman–Crippen MR) is 76.5 cm³/mol. The maximum Gasteiger partial charge on any atom is 0.263 e. The van der Waals surface area contributed by atoms with Gasteiger partial charge in [0, 0.05) is 9.75 Å². The highest BCUT2D eigenvalue weighted by molar-refractivity contribution is 9.10. The summed E-state index contributed by atoms with van der Waals surface area (Å²) in [7, 11) is -3.53. The van der Waals surface area contributed by atoms with E-state index in [-0.39, 0.29) is 0 Å². The lowest BCUT2D eigenvalue weighted by Gasteiger charge is -2.07. The summed E-state index contributed by atoms with van der Waals surface area (Å²) < 4.78 is 27.5. The van der Waals surface area contributed by atoms with Crippen LogP contribution in [0.3, 0.4) is 0 Å². The number of rotatable bonds is 3. The second kappa shape index (κ2) is 4.99. The van der Waals surface area contributed by atoms with E-state index in [1.54, 1.807) is 25.1 Å². The Kier molecular flexibility index (Phi) is 3.74. The van der Waals surface area contributed by atoms with Gasteiger partial charge in [0.1, 0.15) is 9.50 Å². The topological polar surface area (TPSA) is 59.1 Å². The minimum Gasteiger partial charge on any atom is -0.278 e. The van der Waals surface area contributed by atoms with Crippen LogP contribution in [0.25, 0.3) is 0 Å². The zero-order valence-electron chi connectivity index (χ0n) is 9.77. The number of nitrogens with zero attached hydrogens (tertiary/aromatic N) is 1. The molecule has 18 heavy (non-hydrogen) atoms. The van der Waals surface area contributed by atoms with Crippen molar-refractivity contribution in [1.82, 2.24) is 4.98 Å². The highest BCUT2D eigenvalue weighted by atomic mass is 79.9. The monoisotopic (exact) mass is 346 g/mol. The fourth-order valence-corrected chi connectivity index (χ4v) is 4.35. The van der Waals surface area contributed by atoms with E-state index in [2.05, 4.69) is 25.6 Å². The second-order valence-corrected chi connectivity index (χ2v) is 7.68. The number of hydrogen-bond acceptors (Lipinski definition) is 4. The standard InChI is InChI=1S/C11H11BrN2O2S2/c1-7-5-10(8(2)17-7)18(15,16)14-9-3-4-11(12)13-6-9/h3-6,14H,1-2H3. The molecule has 0 unspecified atom stereocenters. The van der Waals surface area contributed by atoms with Gasteiger partial charge in [-0.05, 0) is 48.0 Å². The first-order valence-electron chi connectivity index (χ1n) is 5.10. The van der Waals surface area contributed by atoms with E-state index in [4.69, 9.17) is 0 Å². The van der Waals surface area contributed by atoms with Crippen molar-refractivity contribution >= 4 is 43.0 Å². The molecule has 2 aromatic heterocycles. The van der Waals surface area contributed by atoms with Crippen LogP contribution in [0.5, 0.6) is 0 Å². The zero-order chi connectivity index (χ0) is 13.3. The molecule has 4 nitrogen and oxygen atoms in total. The zero-order valence-corrected chi connectivity index (χ0v) is 13.0. The van der Waals surface area contributed by atoms with Gasteiger partial charge in [-0.2, -0.15) is 0 Å². The third kappa shape index (κ3) is 2.90. The molecule has 0 amide bonds. The van der Waals surface area contributed by atoms with Crippen LogP contribution in [0, 0.1) is 13.8 Å². The molecule has 0 fully saturated rings. The Morgan fingerprint density at radius 3 is 2.56 bits per heavy atom. The molecule has 0 aliphatic heterocycles. The van der Waals surface area contributed by atoms with Gasteiger partial charge < -0.3 is 0 Å². The highest BCUT2D eigenvalue weighted by Gasteiger charge is 2.19. The van der Waals surface area contributed by atoms with Crippen LogP contribution < -0.4 is 4.72 Å². The average Bonchev–Trinajstić information content (AvgIpc) is 2.62. The Balaban J connectivity index is 2.33. The molecular formula is C11H11BrN2O2S2. The second-order valence-electron chi connectivity index (χ2n) is 3.75. The first-order chi connectivity index (χ1) is 8.38. The molecule has 7 heteroatoms. The van der Waals surface area contributed by atoms with E-state index in [0.29, 0.717) is 15.2 Å². The SMILES string of the molecule is Cc1cc(S(=O)(=O)Nc2ccc(Br)nc2)c(C)s1. The summed E-state index contributed by atoms with van der Waals surface area (Å²) in [5.74, 6) is 0. The molecule has 0 radical (unpaired) electrons. The molecule has 0 aliphatic carbocycles. The first-order valence-corrected chi connectivity index (χ1v) is 8.19. The molecular weight excluding hydrogens is 336 g/mol. The third-order valence-corrected chi connectivity index (χ3v) is 5.34. The molecule has 2 aromatic rings. The van der Waals surface area contributed by atoms with Gasteiger partial charge in [0.15, 0.2) is 0 Å². The highest BCUT2D eigenvalue weighted by Crippen LogP contribution is 2.26. The Morgan fingerprint density at radius 2 is 2.06 bits per heavy atom. The molecule has 2 heterocycles. The van der Waals surface area contributed by atoms with E-state index in [1.807, 2.05) is 6.92 Å². The molecule has 0 aromatic carbocycles. The van der Waals surface area contributed by atoms with E-state index in [1.165, 1.54) is 17.5 Å². The lowest BCUT2D eigenvalue weighted by molar-refractivity contribution is 0.601. The maximum absolute atomic E-state index is 12.2. The number of pyridine rings is 1. The van der Waals surface area contributed by atoms with Gasteiger partial charge in [-0.15, -0.1) is 11.3 Å². The molecule has 0 bridgehead atoms. The third-order valence-electron chi connectivity index (χ3n) is 2.26. The molecule has 2 rings (SSSR count). The van der Waals surface area contributed by atoms with Crippen LogP contribution in [0.15, 0.2) is 33.9 Å². The quantitative estimate of drug-likeness (QED) is 0.867. The average molecular weight is 347 g/mol. The van der Waals surface area contributed by atoms with Gasteiger partial charge >= 0.3 is 0 Å². The maximum atomic E-state index is 12.2. The van der Waals surface area contributed by atoms with E-state index in [0.717, 1.165) is 9.75 Å². The summed E-state index contributed by atoms with van der Waals surface area (Å²) in [6, 6.07) is 5.02. The number of hydrogen-bond donors (Lipinski definition) is 1. The Bertz CT molecular complexity index is 663. The predicted octanol–water partition coefficient (Wildman–Crippen LogP) is 3.32. The molecule has 0 saturated carbocycles. The number of halogens is 1. The minimum atomic E-state index is -3.53. The van der Waals surface area contributed by atoms with Crippen molar-refractivity contribution < 1.29 is 8.42 Å². The minimum absolute atomic E-state index is 0.327. The van der Waals surface area contributed by atoms with Gasteiger partial charge in [0.25, 0.3) is 10.0 Å². The van der Waals surface area contributed by atoms with E-state index in [9.17, 15) is 8.42 Å². The van der Waals surface area contributed by atoms with Crippen LogP contribution in [0.4, 0.5) is 5.69 Å². The van der Waals surface area contributed by atoms with Crippen LogP contribution in [-0.4, -0.2) is 13.4 Å². The fraction of sp³-hybridized carbons (Fsp3) is 0.182. The number of anilines is 1. The van der Waals surface area contributed by atoms with Gasteiger partial charge in [0.2, 0.25) is 0 Å². The summed E-state index contributed by atoms with van der Waals surface area (Å²) in [6.45, 7) is 3.68. The van der Waals surface area contributed by atoms with E-state index < -0.39 is 10.0 Å². The first kappa shape index (κ1) is 13.5. The summed E-state index contributed by atoms with van der Waals surface area (Å²) >= 11 is 4.67. The largest absolute Gasteiger partial charge is 0.278 e.